The highest BCUT2D eigenvalue weighted by molar-refractivity contribution is 7.92. The fraction of sp³-hybridized carbons (Fsp3) is 0.811. The number of Topliss-reactive ketones (excluding diaryl/α,β-unsaturated/α-hetero) is 1. The zero-order valence-electron chi connectivity index (χ0n) is 27.1. The number of sulfone groups is 1. The smallest absolute Gasteiger partial charge is 0.185 e. The second-order valence-corrected chi connectivity index (χ2v) is 18.1. The molecule has 43 heavy (non-hydrogen) atoms. The Morgan fingerprint density at radius 1 is 0.977 bits per heavy atom. The van der Waals surface area contributed by atoms with Crippen molar-refractivity contribution in [3.63, 3.8) is 0 Å². The molecule has 11 atom stereocenters. The highest BCUT2D eigenvalue weighted by atomic mass is 32.2. The van der Waals surface area contributed by atoms with E-state index in [1.54, 1.807) is 12.1 Å². The lowest BCUT2D eigenvalue weighted by molar-refractivity contribution is -0.203. The number of fused-ring (bicyclic) bond motifs is 6. The summed E-state index contributed by atoms with van der Waals surface area (Å²) in [5.41, 5.74) is 2.79. The fourth-order valence-corrected chi connectivity index (χ4v) is 13.2. The molecule has 4 saturated carbocycles. The van der Waals surface area contributed by atoms with Gasteiger partial charge in [-0.15, -0.1) is 0 Å². The molecule has 0 aliphatic heterocycles. The third-order valence-electron chi connectivity index (χ3n) is 14.0. The zero-order chi connectivity index (χ0) is 30.7. The number of aliphatic hydroxyl groups excluding tert-OH is 2. The number of carbonyl (C=O) groups excluding carboxylic acids is 1. The van der Waals surface area contributed by atoms with Crippen LogP contribution in [0.1, 0.15) is 116 Å². The number of ketones is 1. The number of aliphatic hydroxyl groups is 2. The summed E-state index contributed by atoms with van der Waals surface area (Å²) in [6.45, 7) is 9.58. The molecule has 0 heterocycles. The van der Waals surface area contributed by atoms with Crippen molar-refractivity contribution in [1.82, 2.24) is 0 Å². The van der Waals surface area contributed by atoms with Crippen LogP contribution in [0.4, 0.5) is 0 Å². The SMILES string of the molecule is CC[C@H]1[C@@H](O)[C@@H]2[C@H](CC[C@]3(C)[C@@H]([C@H](C)CCCC(=O)CS(=O)(=O)c4ccc5c(c4)CCC5)CC[C@@H]23)[C@@]2(C)CC[C@@H](O)C[C@@H]12. The summed E-state index contributed by atoms with van der Waals surface area (Å²) in [6, 6.07) is 5.41. The maximum Gasteiger partial charge on any atom is 0.185 e. The predicted molar refractivity (Wildman–Crippen MR) is 170 cm³/mol. The van der Waals surface area contributed by atoms with Gasteiger partial charge in [0.15, 0.2) is 9.84 Å². The van der Waals surface area contributed by atoms with E-state index in [1.165, 1.54) is 31.2 Å². The normalized spacial score (nSPS) is 41.2. The second-order valence-electron chi connectivity index (χ2n) is 16.1. The van der Waals surface area contributed by atoms with E-state index < -0.39 is 9.84 Å². The van der Waals surface area contributed by atoms with Crippen LogP contribution in [0.3, 0.4) is 0 Å². The van der Waals surface area contributed by atoms with Crippen molar-refractivity contribution in [2.75, 3.05) is 5.75 Å². The average molecular weight is 613 g/mol. The minimum Gasteiger partial charge on any atom is -0.393 e. The van der Waals surface area contributed by atoms with Gasteiger partial charge in [0.25, 0.3) is 0 Å². The first-order chi connectivity index (χ1) is 20.4. The summed E-state index contributed by atoms with van der Waals surface area (Å²) in [6.07, 6.45) is 13.1. The molecule has 5 aliphatic carbocycles. The molecule has 6 heteroatoms. The molecule has 240 valence electrons. The molecular weight excluding hydrogens is 556 g/mol. The van der Waals surface area contributed by atoms with Crippen LogP contribution in [-0.4, -0.2) is 42.4 Å². The molecule has 0 bridgehead atoms. The molecule has 0 saturated heterocycles. The average Bonchev–Trinajstić information content (AvgIpc) is 3.57. The Labute approximate surface area is 260 Å². The van der Waals surface area contributed by atoms with Crippen LogP contribution in [0.2, 0.25) is 0 Å². The van der Waals surface area contributed by atoms with Crippen LogP contribution in [0, 0.1) is 52.3 Å². The van der Waals surface area contributed by atoms with Crippen LogP contribution in [0.15, 0.2) is 23.1 Å². The Morgan fingerprint density at radius 2 is 1.70 bits per heavy atom. The van der Waals surface area contributed by atoms with Crippen molar-refractivity contribution >= 4 is 15.6 Å². The molecule has 0 unspecified atom stereocenters. The highest BCUT2D eigenvalue weighted by Crippen LogP contribution is 2.69. The van der Waals surface area contributed by atoms with E-state index in [9.17, 15) is 23.4 Å². The maximum atomic E-state index is 13.0. The summed E-state index contributed by atoms with van der Waals surface area (Å²) >= 11 is 0. The Morgan fingerprint density at radius 3 is 2.47 bits per heavy atom. The topological polar surface area (TPSA) is 91.7 Å². The van der Waals surface area contributed by atoms with E-state index in [-0.39, 0.29) is 40.5 Å². The number of hydrogen-bond donors (Lipinski definition) is 2. The largest absolute Gasteiger partial charge is 0.393 e. The van der Waals surface area contributed by atoms with Crippen LogP contribution >= 0.6 is 0 Å². The van der Waals surface area contributed by atoms with Gasteiger partial charge in [-0.05, 0) is 146 Å². The van der Waals surface area contributed by atoms with Gasteiger partial charge in [0.1, 0.15) is 11.5 Å². The minimum absolute atomic E-state index is 0.167. The molecule has 4 fully saturated rings. The first-order valence-corrected chi connectivity index (χ1v) is 19.3. The van der Waals surface area contributed by atoms with Gasteiger partial charge >= 0.3 is 0 Å². The number of rotatable bonds is 9. The van der Waals surface area contributed by atoms with Gasteiger partial charge in [0.05, 0.1) is 17.1 Å². The summed E-state index contributed by atoms with van der Waals surface area (Å²) in [5.74, 6) is 2.62. The molecule has 0 amide bonds. The van der Waals surface area contributed by atoms with Gasteiger partial charge in [-0.25, -0.2) is 8.42 Å². The van der Waals surface area contributed by atoms with E-state index in [2.05, 4.69) is 27.7 Å². The lowest BCUT2D eigenvalue weighted by Crippen LogP contribution is -2.62. The van der Waals surface area contributed by atoms with Crippen molar-refractivity contribution in [3.05, 3.63) is 29.3 Å². The molecule has 1 aromatic rings. The van der Waals surface area contributed by atoms with Crippen molar-refractivity contribution in [2.24, 2.45) is 52.3 Å². The van der Waals surface area contributed by atoms with Crippen molar-refractivity contribution in [3.8, 4) is 0 Å². The summed E-state index contributed by atoms with van der Waals surface area (Å²) < 4.78 is 26.0. The number of aryl methyl sites for hydroxylation is 2. The second kappa shape index (κ2) is 11.8. The van der Waals surface area contributed by atoms with Gasteiger partial charge in [0, 0.05) is 6.42 Å². The van der Waals surface area contributed by atoms with E-state index >= 15 is 0 Å². The zero-order valence-corrected chi connectivity index (χ0v) is 27.9. The molecular formula is C37H56O5S. The van der Waals surface area contributed by atoms with Crippen molar-refractivity contribution < 1.29 is 23.4 Å². The Bertz CT molecular complexity index is 1310. The molecule has 5 nitrogen and oxygen atoms in total. The van der Waals surface area contributed by atoms with Crippen LogP contribution in [0.5, 0.6) is 0 Å². The quantitative estimate of drug-likeness (QED) is 0.315. The maximum absolute atomic E-state index is 13.0. The van der Waals surface area contributed by atoms with Gasteiger partial charge in [-0.3, -0.25) is 4.79 Å². The third kappa shape index (κ3) is 5.47. The summed E-state index contributed by atoms with van der Waals surface area (Å²) in [7, 11) is -3.60. The number of benzene rings is 1. The lowest BCUT2D eigenvalue weighted by Gasteiger charge is -2.64. The van der Waals surface area contributed by atoms with E-state index in [0.29, 0.717) is 46.8 Å². The standard InChI is InChI=1S/C37H56O5S/c1-5-29-33-21-26(38)16-18-37(33,4)32-17-19-36(3)30(14-15-31(36)34(32)35(29)40)23(2)8-6-11-27(39)22-43(41,42)28-13-12-24-9-7-10-25(24)20-28/h12-13,20,23,26,29-35,38,40H,5-11,14-19,21-22H2,1-4H3/t23-,26-,29-,30-,31+,32+,33+,34+,35-,36-,37-/m1/s1. The minimum atomic E-state index is -3.60. The Hall–Kier alpha value is -1.24. The number of hydrogen-bond acceptors (Lipinski definition) is 5. The van der Waals surface area contributed by atoms with Crippen LogP contribution < -0.4 is 0 Å². The van der Waals surface area contributed by atoms with Crippen LogP contribution in [0.25, 0.3) is 0 Å². The third-order valence-corrected chi connectivity index (χ3v) is 15.7. The molecule has 0 radical (unpaired) electrons. The van der Waals surface area contributed by atoms with Gasteiger partial charge in [-0.2, -0.15) is 0 Å². The molecule has 0 aromatic heterocycles. The lowest BCUT2D eigenvalue weighted by atomic mass is 9.41. The highest BCUT2D eigenvalue weighted by Gasteiger charge is 2.64. The number of carbonyl (C=O) groups is 1. The fourth-order valence-electron chi connectivity index (χ4n) is 11.9. The van der Waals surface area contributed by atoms with E-state index in [1.807, 2.05) is 6.07 Å². The molecule has 5 aliphatic rings. The van der Waals surface area contributed by atoms with Crippen molar-refractivity contribution in [2.45, 2.75) is 135 Å². The molecule has 1 aromatic carbocycles. The van der Waals surface area contributed by atoms with E-state index in [4.69, 9.17) is 0 Å². The summed E-state index contributed by atoms with van der Waals surface area (Å²) in [5, 5.41) is 22.5. The first-order valence-electron chi connectivity index (χ1n) is 17.6. The Kier molecular flexibility index (Phi) is 8.74. The molecule has 2 N–H and O–H groups in total. The molecule has 6 rings (SSSR count). The summed E-state index contributed by atoms with van der Waals surface area (Å²) in [4.78, 5) is 13.2. The van der Waals surface area contributed by atoms with Crippen LogP contribution in [-0.2, 0) is 27.5 Å². The monoisotopic (exact) mass is 612 g/mol. The Balaban J connectivity index is 1.07. The van der Waals surface area contributed by atoms with Gasteiger partial charge in [0.2, 0.25) is 0 Å². The van der Waals surface area contributed by atoms with Gasteiger partial charge in [-0.1, -0.05) is 46.6 Å². The van der Waals surface area contributed by atoms with E-state index in [0.717, 1.165) is 63.4 Å². The first kappa shape index (κ1) is 31.7. The predicted octanol–water partition coefficient (Wildman–Crippen LogP) is 6.95. The van der Waals surface area contributed by atoms with Crippen molar-refractivity contribution in [1.29, 1.82) is 0 Å². The molecule has 0 spiro atoms. The van der Waals surface area contributed by atoms with Gasteiger partial charge < -0.3 is 10.2 Å².